The van der Waals surface area contributed by atoms with E-state index in [1.54, 1.807) is 0 Å². The van der Waals surface area contributed by atoms with Gasteiger partial charge in [0.05, 0.1) is 32.0 Å². The highest BCUT2D eigenvalue weighted by Crippen LogP contribution is 2.14. The highest BCUT2D eigenvalue weighted by atomic mass is 16.5. The van der Waals surface area contributed by atoms with Gasteiger partial charge in [-0.15, -0.1) is 0 Å². The van der Waals surface area contributed by atoms with Gasteiger partial charge in [0.2, 0.25) is 0 Å². The largest absolute Gasteiger partial charge is 0.390 e. The molecule has 0 aromatic heterocycles. The summed E-state index contributed by atoms with van der Waals surface area (Å²) in [6.45, 7) is 5.68. The van der Waals surface area contributed by atoms with Gasteiger partial charge in [-0.25, -0.2) is 0 Å². The third kappa shape index (κ3) is 2.77. The molecule has 0 amide bonds. The van der Waals surface area contributed by atoms with Crippen LogP contribution in [0.2, 0.25) is 0 Å². The Bertz CT molecular complexity index is 114. The van der Waals surface area contributed by atoms with Gasteiger partial charge in [-0.3, -0.25) is 0 Å². The van der Waals surface area contributed by atoms with Gasteiger partial charge in [-0.2, -0.15) is 0 Å². The number of hydrogen-bond acceptors (Lipinski definition) is 3. The average Bonchev–Trinajstić information content (AvgIpc) is 2.31. The molecule has 0 spiro atoms. The Balaban J connectivity index is 2.15. The van der Waals surface area contributed by atoms with Crippen LogP contribution >= 0.6 is 0 Å². The van der Waals surface area contributed by atoms with E-state index in [4.69, 9.17) is 9.47 Å². The maximum Gasteiger partial charge on any atom is 0.0845 e. The topological polar surface area (TPSA) is 38.7 Å². The number of ether oxygens (including phenoxy) is 2. The van der Waals surface area contributed by atoms with Crippen LogP contribution in [0.15, 0.2) is 0 Å². The third-order valence-electron chi connectivity index (χ3n) is 1.81. The first kappa shape index (κ1) is 8.97. The van der Waals surface area contributed by atoms with Crippen LogP contribution in [0.5, 0.6) is 0 Å². The fourth-order valence-electron chi connectivity index (χ4n) is 1.06. The van der Waals surface area contributed by atoms with Crippen molar-refractivity contribution < 1.29 is 14.6 Å². The molecule has 0 radical (unpaired) electrons. The lowest BCUT2D eigenvalue weighted by Crippen LogP contribution is -2.24. The second-order valence-corrected chi connectivity index (χ2v) is 3.25. The van der Waals surface area contributed by atoms with Crippen molar-refractivity contribution in [1.29, 1.82) is 0 Å². The van der Waals surface area contributed by atoms with Crippen molar-refractivity contribution in [3.8, 4) is 0 Å². The van der Waals surface area contributed by atoms with E-state index in [9.17, 15) is 5.11 Å². The van der Waals surface area contributed by atoms with Crippen molar-refractivity contribution in [1.82, 2.24) is 0 Å². The van der Waals surface area contributed by atoms with E-state index in [1.807, 2.05) is 13.8 Å². The van der Waals surface area contributed by atoms with E-state index < -0.39 is 0 Å². The summed E-state index contributed by atoms with van der Waals surface area (Å²) in [5.41, 5.74) is 0. The van der Waals surface area contributed by atoms with E-state index in [1.165, 1.54) is 0 Å². The van der Waals surface area contributed by atoms with E-state index >= 15 is 0 Å². The van der Waals surface area contributed by atoms with E-state index in [0.29, 0.717) is 19.8 Å². The lowest BCUT2D eigenvalue weighted by Gasteiger charge is -2.14. The zero-order chi connectivity index (χ0) is 8.27. The van der Waals surface area contributed by atoms with Crippen molar-refractivity contribution >= 4 is 0 Å². The molecule has 0 aromatic carbocycles. The standard InChI is InChI=1S/C8H16O3/c1-6(2)11-4-7-3-10-5-8(7)9/h6-9H,3-5H2,1-2H3/t7-,8+/m0/s1. The summed E-state index contributed by atoms with van der Waals surface area (Å²) in [4.78, 5) is 0. The molecule has 11 heavy (non-hydrogen) atoms. The molecule has 3 heteroatoms. The second-order valence-electron chi connectivity index (χ2n) is 3.25. The maximum absolute atomic E-state index is 9.30. The van der Waals surface area contributed by atoms with Crippen LogP contribution in [0.1, 0.15) is 13.8 Å². The fourth-order valence-corrected chi connectivity index (χ4v) is 1.06. The summed E-state index contributed by atoms with van der Waals surface area (Å²) >= 11 is 0. The highest BCUT2D eigenvalue weighted by Gasteiger charge is 2.26. The van der Waals surface area contributed by atoms with Crippen LogP contribution in [0.4, 0.5) is 0 Å². The van der Waals surface area contributed by atoms with Crippen LogP contribution in [0.25, 0.3) is 0 Å². The molecule has 66 valence electrons. The molecule has 1 aliphatic heterocycles. The Hall–Kier alpha value is -0.120. The minimum Gasteiger partial charge on any atom is -0.390 e. The molecule has 0 bridgehead atoms. The van der Waals surface area contributed by atoms with Gasteiger partial charge in [-0.1, -0.05) is 0 Å². The smallest absolute Gasteiger partial charge is 0.0845 e. The first-order valence-corrected chi connectivity index (χ1v) is 4.07. The monoisotopic (exact) mass is 160 g/mol. The highest BCUT2D eigenvalue weighted by molar-refractivity contribution is 4.73. The molecule has 1 heterocycles. The number of rotatable bonds is 3. The van der Waals surface area contributed by atoms with Crippen LogP contribution < -0.4 is 0 Å². The summed E-state index contributed by atoms with van der Waals surface area (Å²) in [5, 5.41) is 9.30. The second kappa shape index (κ2) is 4.04. The number of hydrogen-bond donors (Lipinski definition) is 1. The van der Waals surface area contributed by atoms with E-state index in [-0.39, 0.29) is 18.1 Å². The SMILES string of the molecule is CC(C)OC[C@@H]1COC[C@H]1O. The molecule has 2 atom stereocenters. The van der Waals surface area contributed by atoms with Crippen molar-refractivity contribution in [3.63, 3.8) is 0 Å². The first-order chi connectivity index (χ1) is 5.20. The Morgan fingerprint density at radius 1 is 1.55 bits per heavy atom. The lowest BCUT2D eigenvalue weighted by atomic mass is 10.1. The maximum atomic E-state index is 9.30. The van der Waals surface area contributed by atoms with Gasteiger partial charge in [0, 0.05) is 5.92 Å². The molecular weight excluding hydrogens is 144 g/mol. The normalized spacial score (nSPS) is 31.6. The molecule has 1 saturated heterocycles. The average molecular weight is 160 g/mol. The van der Waals surface area contributed by atoms with Crippen LogP contribution in [-0.2, 0) is 9.47 Å². The Kier molecular flexibility index (Phi) is 3.30. The minimum absolute atomic E-state index is 0.178. The summed E-state index contributed by atoms with van der Waals surface area (Å²) < 4.78 is 10.4. The van der Waals surface area contributed by atoms with Gasteiger partial charge < -0.3 is 14.6 Å². The van der Waals surface area contributed by atoms with Crippen molar-refractivity contribution in [2.45, 2.75) is 26.1 Å². The fraction of sp³-hybridized carbons (Fsp3) is 1.00. The predicted molar refractivity (Wildman–Crippen MR) is 41.4 cm³/mol. The van der Waals surface area contributed by atoms with E-state index in [0.717, 1.165) is 0 Å². The van der Waals surface area contributed by atoms with E-state index in [2.05, 4.69) is 0 Å². The van der Waals surface area contributed by atoms with Gasteiger partial charge in [0.25, 0.3) is 0 Å². The summed E-state index contributed by atoms with van der Waals surface area (Å²) in [7, 11) is 0. The Labute approximate surface area is 67.3 Å². The third-order valence-corrected chi connectivity index (χ3v) is 1.81. The summed E-state index contributed by atoms with van der Waals surface area (Å²) in [5.74, 6) is 0.178. The minimum atomic E-state index is -0.325. The molecule has 0 aliphatic carbocycles. The summed E-state index contributed by atoms with van der Waals surface area (Å²) in [6.07, 6.45) is -0.0865. The van der Waals surface area contributed by atoms with Crippen molar-refractivity contribution in [3.05, 3.63) is 0 Å². The van der Waals surface area contributed by atoms with Crippen LogP contribution in [0, 0.1) is 5.92 Å². The molecule has 1 fully saturated rings. The molecule has 1 aliphatic rings. The molecule has 0 aromatic rings. The molecule has 0 saturated carbocycles. The number of aliphatic hydroxyl groups excluding tert-OH is 1. The first-order valence-electron chi connectivity index (χ1n) is 4.07. The van der Waals surface area contributed by atoms with Crippen LogP contribution in [-0.4, -0.2) is 37.1 Å². The molecule has 1 N–H and O–H groups in total. The summed E-state index contributed by atoms with van der Waals surface area (Å²) in [6, 6.07) is 0. The van der Waals surface area contributed by atoms with Gasteiger partial charge >= 0.3 is 0 Å². The van der Waals surface area contributed by atoms with Gasteiger partial charge in [-0.05, 0) is 13.8 Å². The Morgan fingerprint density at radius 3 is 2.73 bits per heavy atom. The number of aliphatic hydroxyl groups is 1. The zero-order valence-corrected chi connectivity index (χ0v) is 7.12. The Morgan fingerprint density at radius 2 is 2.27 bits per heavy atom. The van der Waals surface area contributed by atoms with Crippen LogP contribution in [0.3, 0.4) is 0 Å². The predicted octanol–water partition coefficient (Wildman–Crippen LogP) is 0.419. The van der Waals surface area contributed by atoms with Crippen molar-refractivity contribution in [2.75, 3.05) is 19.8 Å². The quantitative estimate of drug-likeness (QED) is 0.650. The van der Waals surface area contributed by atoms with Gasteiger partial charge in [0.1, 0.15) is 0 Å². The molecule has 3 nitrogen and oxygen atoms in total. The zero-order valence-electron chi connectivity index (χ0n) is 7.12. The molecule has 0 unspecified atom stereocenters. The molecular formula is C8H16O3. The van der Waals surface area contributed by atoms with Crippen molar-refractivity contribution in [2.24, 2.45) is 5.92 Å². The molecule has 1 rings (SSSR count). The van der Waals surface area contributed by atoms with Gasteiger partial charge in [0.15, 0.2) is 0 Å². The lowest BCUT2D eigenvalue weighted by molar-refractivity contribution is 0.0211.